The number of rotatable bonds is 2. The van der Waals surface area contributed by atoms with E-state index in [0.717, 1.165) is 72.0 Å². The van der Waals surface area contributed by atoms with Crippen molar-refractivity contribution in [2.75, 3.05) is 0 Å². The van der Waals surface area contributed by atoms with Crippen LogP contribution in [0.1, 0.15) is 0 Å². The average molecular weight is 550 g/mol. The maximum Gasteiger partial charge on any atom is 0.165 e. The topological polar surface area (TPSA) is 35.4 Å². The number of para-hydroxylation sites is 4. The molecule has 4 heteroatoms. The second-order valence-corrected chi connectivity index (χ2v) is 11.2. The summed E-state index contributed by atoms with van der Waals surface area (Å²) in [6.45, 7) is 0. The van der Waals surface area contributed by atoms with Crippen molar-refractivity contribution in [3.05, 3.63) is 140 Å². The first-order valence-corrected chi connectivity index (χ1v) is 14.6. The lowest BCUT2D eigenvalue weighted by Gasteiger charge is -2.09. The first-order chi connectivity index (χ1) is 21.3. The van der Waals surface area contributed by atoms with E-state index in [-0.39, 0.29) is 0 Å². The third-order valence-corrected chi connectivity index (χ3v) is 8.91. The molecular formula is C39H23N3O. The second kappa shape index (κ2) is 8.34. The Hall–Kier alpha value is -5.87. The number of fused-ring (bicyclic) bond motifs is 13. The Labute approximate surface area is 245 Å². The highest BCUT2D eigenvalue weighted by molar-refractivity contribution is 6.17. The van der Waals surface area contributed by atoms with Gasteiger partial charge < -0.3 is 4.42 Å². The van der Waals surface area contributed by atoms with Crippen molar-refractivity contribution in [2.24, 2.45) is 0 Å². The molecule has 0 aliphatic heterocycles. The van der Waals surface area contributed by atoms with Crippen LogP contribution >= 0.6 is 0 Å². The van der Waals surface area contributed by atoms with Gasteiger partial charge in [-0.1, -0.05) is 109 Å². The van der Waals surface area contributed by atoms with E-state index in [2.05, 4.69) is 136 Å². The van der Waals surface area contributed by atoms with Crippen molar-refractivity contribution < 1.29 is 4.42 Å². The van der Waals surface area contributed by atoms with Crippen molar-refractivity contribution in [1.82, 2.24) is 14.0 Å². The summed E-state index contributed by atoms with van der Waals surface area (Å²) in [6.07, 6.45) is 0. The van der Waals surface area contributed by atoms with E-state index >= 15 is 0 Å². The van der Waals surface area contributed by atoms with Crippen LogP contribution in [0.4, 0.5) is 0 Å². The molecule has 0 amide bonds. The third-order valence-electron chi connectivity index (χ3n) is 8.91. The minimum absolute atomic E-state index is 0.912. The van der Waals surface area contributed by atoms with E-state index in [9.17, 15) is 0 Å². The smallest absolute Gasteiger partial charge is 0.165 e. The van der Waals surface area contributed by atoms with Crippen LogP contribution in [-0.4, -0.2) is 14.0 Å². The van der Waals surface area contributed by atoms with Crippen LogP contribution in [0.15, 0.2) is 144 Å². The highest BCUT2D eigenvalue weighted by atomic mass is 16.3. The molecule has 4 nitrogen and oxygen atoms in total. The highest BCUT2D eigenvalue weighted by Crippen LogP contribution is 2.39. The summed E-state index contributed by atoms with van der Waals surface area (Å²) in [7, 11) is 0. The summed E-state index contributed by atoms with van der Waals surface area (Å²) in [5, 5.41) is 7.07. The Morgan fingerprint density at radius 2 is 1.12 bits per heavy atom. The molecule has 4 aromatic heterocycles. The second-order valence-electron chi connectivity index (χ2n) is 11.2. The lowest BCUT2D eigenvalue weighted by Crippen LogP contribution is -1.94. The standard InChI is InChI=1S/C39H23N3O/c1-2-13-31-27(10-1)28-11-3-6-17-33(28)42-36-32-14-4-7-18-34(32)41(39(36)40-38(31)42)25-22-20-24(21-23-25)26-15-9-16-30-29-12-5-8-19-35(29)43-37(26)30/h1-23H. The van der Waals surface area contributed by atoms with Crippen LogP contribution in [0.25, 0.3) is 88.1 Å². The monoisotopic (exact) mass is 549 g/mol. The van der Waals surface area contributed by atoms with Gasteiger partial charge >= 0.3 is 0 Å². The first-order valence-electron chi connectivity index (χ1n) is 14.6. The fourth-order valence-electron chi connectivity index (χ4n) is 7.04. The molecule has 0 atom stereocenters. The van der Waals surface area contributed by atoms with Crippen molar-refractivity contribution >= 4 is 71.3 Å². The molecule has 0 aliphatic rings. The van der Waals surface area contributed by atoms with Crippen molar-refractivity contribution in [3.63, 3.8) is 0 Å². The van der Waals surface area contributed by atoms with Gasteiger partial charge in [0.15, 0.2) is 5.65 Å². The predicted molar refractivity (Wildman–Crippen MR) is 177 cm³/mol. The number of pyridine rings is 1. The molecule has 4 heterocycles. The lowest BCUT2D eigenvalue weighted by molar-refractivity contribution is 0.670. The number of aromatic nitrogens is 3. The SMILES string of the molecule is c1ccc2c(c1)oc1c(-c3ccc(-n4c5ccccc5c5c4nc4c6ccccc6c6ccccc6n45)cc3)cccc12. The van der Waals surface area contributed by atoms with Crippen LogP contribution < -0.4 is 0 Å². The molecule has 10 rings (SSSR count). The molecule has 0 unspecified atom stereocenters. The van der Waals surface area contributed by atoms with Crippen molar-refractivity contribution in [1.29, 1.82) is 0 Å². The number of nitrogens with zero attached hydrogens (tertiary/aromatic N) is 3. The number of benzene rings is 6. The number of imidazole rings is 1. The summed E-state index contributed by atoms with van der Waals surface area (Å²) in [6, 6.07) is 49.3. The van der Waals surface area contributed by atoms with Gasteiger partial charge in [-0.3, -0.25) is 8.97 Å². The average Bonchev–Trinajstić information content (AvgIpc) is 3.74. The normalized spacial score (nSPS) is 12.2. The molecule has 0 saturated carbocycles. The molecule has 0 aliphatic carbocycles. The fourth-order valence-corrected chi connectivity index (χ4v) is 7.04. The largest absolute Gasteiger partial charge is 0.455 e. The number of hydrogen-bond acceptors (Lipinski definition) is 2. The van der Waals surface area contributed by atoms with Crippen molar-refractivity contribution in [3.8, 4) is 16.8 Å². The van der Waals surface area contributed by atoms with E-state index in [1.165, 1.54) is 16.2 Å². The van der Waals surface area contributed by atoms with Gasteiger partial charge in [0, 0.05) is 38.2 Å². The Morgan fingerprint density at radius 3 is 1.95 bits per heavy atom. The predicted octanol–water partition coefficient (Wildman–Crippen LogP) is 10.3. The van der Waals surface area contributed by atoms with E-state index in [1.54, 1.807) is 0 Å². The van der Waals surface area contributed by atoms with E-state index in [1.807, 2.05) is 12.1 Å². The minimum Gasteiger partial charge on any atom is -0.455 e. The Bertz CT molecular complexity index is 2720. The van der Waals surface area contributed by atoms with E-state index in [4.69, 9.17) is 9.40 Å². The van der Waals surface area contributed by atoms with Gasteiger partial charge in [-0.05, 0) is 41.3 Å². The Kier molecular flexibility index (Phi) is 4.42. The molecule has 0 saturated heterocycles. The molecule has 0 spiro atoms. The summed E-state index contributed by atoms with van der Waals surface area (Å²) >= 11 is 0. The van der Waals surface area contributed by atoms with Gasteiger partial charge in [0.05, 0.1) is 11.0 Å². The zero-order valence-electron chi connectivity index (χ0n) is 23.0. The zero-order valence-corrected chi connectivity index (χ0v) is 23.0. The quantitative estimate of drug-likeness (QED) is 0.201. The molecule has 0 N–H and O–H groups in total. The molecule has 0 bridgehead atoms. The van der Waals surface area contributed by atoms with Crippen LogP contribution in [-0.2, 0) is 0 Å². The zero-order chi connectivity index (χ0) is 28.1. The number of furan rings is 1. The van der Waals surface area contributed by atoms with Crippen molar-refractivity contribution in [2.45, 2.75) is 0 Å². The summed E-state index contributed by atoms with van der Waals surface area (Å²) < 4.78 is 11.0. The Balaban J connectivity index is 1.24. The van der Waals surface area contributed by atoms with Gasteiger partial charge in [-0.25, -0.2) is 4.98 Å². The molecule has 10 aromatic rings. The first kappa shape index (κ1) is 22.8. The van der Waals surface area contributed by atoms with E-state index in [0.29, 0.717) is 0 Å². The van der Waals surface area contributed by atoms with Crippen LogP contribution in [0.5, 0.6) is 0 Å². The number of hydrogen-bond donors (Lipinski definition) is 0. The minimum atomic E-state index is 0.912. The molecule has 200 valence electrons. The molecule has 6 aromatic carbocycles. The van der Waals surface area contributed by atoms with Gasteiger partial charge in [-0.2, -0.15) is 0 Å². The molecular weight excluding hydrogens is 526 g/mol. The summed E-state index contributed by atoms with van der Waals surface area (Å²) in [5.41, 5.74) is 10.5. The third kappa shape index (κ3) is 3.02. The van der Waals surface area contributed by atoms with E-state index < -0.39 is 0 Å². The fraction of sp³-hybridized carbons (Fsp3) is 0. The van der Waals surface area contributed by atoms with Gasteiger partial charge in [-0.15, -0.1) is 0 Å². The highest BCUT2D eigenvalue weighted by Gasteiger charge is 2.21. The summed E-state index contributed by atoms with van der Waals surface area (Å²) in [4.78, 5) is 5.36. The van der Waals surface area contributed by atoms with Gasteiger partial charge in [0.2, 0.25) is 0 Å². The van der Waals surface area contributed by atoms with Gasteiger partial charge in [0.1, 0.15) is 22.3 Å². The van der Waals surface area contributed by atoms with Crippen LogP contribution in [0.2, 0.25) is 0 Å². The maximum absolute atomic E-state index is 6.34. The van der Waals surface area contributed by atoms with Crippen LogP contribution in [0.3, 0.4) is 0 Å². The maximum atomic E-state index is 6.34. The molecule has 43 heavy (non-hydrogen) atoms. The lowest BCUT2D eigenvalue weighted by atomic mass is 10.0. The van der Waals surface area contributed by atoms with Gasteiger partial charge in [0.25, 0.3) is 0 Å². The molecule has 0 fully saturated rings. The Morgan fingerprint density at radius 1 is 0.465 bits per heavy atom. The summed E-state index contributed by atoms with van der Waals surface area (Å²) in [5.74, 6) is 0. The molecule has 0 radical (unpaired) electrons. The van der Waals surface area contributed by atoms with Crippen LogP contribution in [0, 0.1) is 0 Å².